The number of rotatable bonds is 5. The van der Waals surface area contributed by atoms with Gasteiger partial charge in [-0.05, 0) is 47.5 Å². The maximum absolute atomic E-state index is 12.1. The van der Waals surface area contributed by atoms with E-state index in [0.29, 0.717) is 26.9 Å². The molecule has 6 nitrogen and oxygen atoms in total. The number of halogens is 2. The van der Waals surface area contributed by atoms with E-state index in [1.807, 2.05) is 0 Å². The van der Waals surface area contributed by atoms with Crippen LogP contribution in [0, 0.1) is 0 Å². The van der Waals surface area contributed by atoms with Crippen molar-refractivity contribution < 1.29 is 23.8 Å². The summed E-state index contributed by atoms with van der Waals surface area (Å²) < 4.78 is 15.4. The summed E-state index contributed by atoms with van der Waals surface area (Å²) in [5, 5.41) is 0.986. The Labute approximate surface area is 177 Å². The van der Waals surface area contributed by atoms with E-state index >= 15 is 0 Å². The Kier molecular flexibility index (Phi) is 6.36. The number of benzene rings is 2. The maximum Gasteiger partial charge on any atom is 0.363 e. The third-order valence-electron chi connectivity index (χ3n) is 3.75. The van der Waals surface area contributed by atoms with E-state index in [1.54, 1.807) is 42.5 Å². The SMILES string of the molecule is COc1ccc(C=C2N=C(C=Cc3ccc(Cl)cc3Cl)OC2=O)cc1OC(C)=O. The van der Waals surface area contributed by atoms with Crippen LogP contribution in [0.3, 0.4) is 0 Å². The van der Waals surface area contributed by atoms with Crippen LogP contribution in [-0.4, -0.2) is 24.9 Å². The lowest BCUT2D eigenvalue weighted by Gasteiger charge is -2.08. The zero-order valence-electron chi connectivity index (χ0n) is 15.4. The zero-order valence-corrected chi connectivity index (χ0v) is 17.0. The van der Waals surface area contributed by atoms with Crippen molar-refractivity contribution >= 4 is 53.2 Å². The van der Waals surface area contributed by atoms with Gasteiger partial charge in [-0.3, -0.25) is 4.79 Å². The molecule has 1 heterocycles. The summed E-state index contributed by atoms with van der Waals surface area (Å²) in [4.78, 5) is 27.5. The van der Waals surface area contributed by atoms with Gasteiger partial charge in [0.25, 0.3) is 0 Å². The molecule has 0 unspecified atom stereocenters. The third kappa shape index (κ3) is 5.25. The van der Waals surface area contributed by atoms with E-state index in [9.17, 15) is 9.59 Å². The highest BCUT2D eigenvalue weighted by molar-refractivity contribution is 6.35. The summed E-state index contributed by atoms with van der Waals surface area (Å²) >= 11 is 12.0. The fourth-order valence-corrected chi connectivity index (χ4v) is 2.94. The second-order valence-corrected chi connectivity index (χ2v) is 6.72. The molecule has 2 aromatic carbocycles. The molecule has 1 aliphatic rings. The van der Waals surface area contributed by atoms with Crippen LogP contribution in [0.4, 0.5) is 0 Å². The highest BCUT2D eigenvalue weighted by Gasteiger charge is 2.21. The number of hydrogen-bond donors (Lipinski definition) is 0. The molecule has 8 heteroatoms. The van der Waals surface area contributed by atoms with E-state index in [4.69, 9.17) is 37.4 Å². The lowest BCUT2D eigenvalue weighted by Crippen LogP contribution is -2.03. The first-order valence-corrected chi connectivity index (χ1v) is 9.13. The van der Waals surface area contributed by atoms with E-state index in [1.165, 1.54) is 26.2 Å². The molecular weight excluding hydrogens is 417 g/mol. The van der Waals surface area contributed by atoms with Gasteiger partial charge < -0.3 is 14.2 Å². The van der Waals surface area contributed by atoms with Gasteiger partial charge in [-0.1, -0.05) is 35.3 Å². The number of hydrogen-bond acceptors (Lipinski definition) is 6. The summed E-state index contributed by atoms with van der Waals surface area (Å²) in [6, 6.07) is 9.94. The van der Waals surface area contributed by atoms with Crippen LogP contribution in [0.2, 0.25) is 10.0 Å². The minimum atomic E-state index is -0.600. The molecule has 3 rings (SSSR count). The highest BCUT2D eigenvalue weighted by atomic mass is 35.5. The molecule has 2 aromatic rings. The van der Waals surface area contributed by atoms with Gasteiger partial charge >= 0.3 is 11.9 Å². The average Bonchev–Trinajstić information content (AvgIpc) is 3.00. The van der Waals surface area contributed by atoms with Gasteiger partial charge in [0.2, 0.25) is 5.90 Å². The minimum absolute atomic E-state index is 0.103. The summed E-state index contributed by atoms with van der Waals surface area (Å²) in [5.74, 6) is -0.331. The number of ether oxygens (including phenoxy) is 3. The molecule has 0 atom stereocenters. The topological polar surface area (TPSA) is 74.2 Å². The Balaban J connectivity index is 1.84. The molecule has 0 aliphatic carbocycles. The van der Waals surface area contributed by atoms with Gasteiger partial charge in [0.05, 0.1) is 7.11 Å². The van der Waals surface area contributed by atoms with Crippen molar-refractivity contribution in [2.24, 2.45) is 4.99 Å². The number of cyclic esters (lactones) is 1. The van der Waals surface area contributed by atoms with Crippen molar-refractivity contribution in [2.45, 2.75) is 6.92 Å². The molecule has 148 valence electrons. The number of carbonyl (C=O) groups excluding carboxylic acids is 2. The van der Waals surface area contributed by atoms with Crippen molar-refractivity contribution in [3.05, 3.63) is 69.3 Å². The standard InChI is InChI=1S/C21H15Cl2NO5/c1-12(25)28-19-10-13(3-7-18(19)27-2)9-17-21(26)29-20(24-17)8-5-14-4-6-15(22)11-16(14)23/h3-11H,1-2H3. The number of carbonyl (C=O) groups is 2. The van der Waals surface area contributed by atoms with Crippen molar-refractivity contribution in [3.8, 4) is 11.5 Å². The molecular formula is C21H15Cl2NO5. The van der Waals surface area contributed by atoms with Gasteiger partial charge in [-0.25, -0.2) is 9.79 Å². The van der Waals surface area contributed by atoms with Crippen LogP contribution in [-0.2, 0) is 14.3 Å². The van der Waals surface area contributed by atoms with E-state index < -0.39 is 11.9 Å². The molecule has 0 saturated carbocycles. The van der Waals surface area contributed by atoms with Crippen molar-refractivity contribution in [1.82, 2.24) is 0 Å². The summed E-state index contributed by atoms with van der Waals surface area (Å²) in [5.41, 5.74) is 1.39. The first-order valence-electron chi connectivity index (χ1n) is 8.38. The van der Waals surface area contributed by atoms with Gasteiger partial charge in [0.1, 0.15) is 0 Å². The molecule has 0 fully saturated rings. The Morgan fingerprint density at radius 1 is 1.10 bits per heavy atom. The minimum Gasteiger partial charge on any atom is -0.493 e. The molecule has 29 heavy (non-hydrogen) atoms. The smallest absolute Gasteiger partial charge is 0.363 e. The molecule has 0 saturated heterocycles. The van der Waals surface area contributed by atoms with Crippen LogP contribution in [0.1, 0.15) is 18.1 Å². The molecule has 1 aliphatic heterocycles. The number of aliphatic imine (C=N–C) groups is 1. The van der Waals surface area contributed by atoms with Crippen molar-refractivity contribution in [1.29, 1.82) is 0 Å². The van der Waals surface area contributed by atoms with E-state index in [0.717, 1.165) is 0 Å². The lowest BCUT2D eigenvalue weighted by atomic mass is 10.1. The molecule has 0 amide bonds. The summed E-state index contributed by atoms with van der Waals surface area (Å²) in [7, 11) is 1.46. The number of esters is 2. The summed E-state index contributed by atoms with van der Waals surface area (Å²) in [6.07, 6.45) is 4.72. The van der Waals surface area contributed by atoms with Crippen molar-refractivity contribution in [3.63, 3.8) is 0 Å². The number of methoxy groups -OCH3 is 1. The van der Waals surface area contributed by atoms with Gasteiger partial charge in [-0.2, -0.15) is 0 Å². The van der Waals surface area contributed by atoms with Crippen LogP contribution in [0.15, 0.2) is 53.2 Å². The molecule has 0 bridgehead atoms. The van der Waals surface area contributed by atoms with Gasteiger partial charge in [0, 0.05) is 23.0 Å². The Hall–Kier alpha value is -3.09. The first-order chi connectivity index (χ1) is 13.9. The quantitative estimate of drug-likeness (QED) is 0.380. The predicted molar refractivity (Wildman–Crippen MR) is 111 cm³/mol. The summed E-state index contributed by atoms with van der Waals surface area (Å²) in [6.45, 7) is 1.29. The number of nitrogens with zero attached hydrogens (tertiary/aromatic N) is 1. The fourth-order valence-electron chi connectivity index (χ4n) is 2.47. The van der Waals surface area contributed by atoms with Gasteiger partial charge in [0.15, 0.2) is 17.2 Å². The second-order valence-electron chi connectivity index (χ2n) is 5.87. The largest absolute Gasteiger partial charge is 0.493 e. The molecule has 0 radical (unpaired) electrons. The Morgan fingerprint density at radius 3 is 2.59 bits per heavy atom. The molecule has 0 spiro atoms. The zero-order chi connectivity index (χ0) is 21.0. The Morgan fingerprint density at radius 2 is 1.90 bits per heavy atom. The van der Waals surface area contributed by atoms with Crippen molar-refractivity contribution in [2.75, 3.05) is 7.11 Å². The normalized spacial score (nSPS) is 14.8. The van der Waals surface area contributed by atoms with Crippen LogP contribution in [0.5, 0.6) is 11.5 Å². The van der Waals surface area contributed by atoms with Gasteiger partial charge in [-0.15, -0.1) is 0 Å². The van der Waals surface area contributed by atoms with Crippen LogP contribution in [0.25, 0.3) is 12.2 Å². The monoisotopic (exact) mass is 431 g/mol. The van der Waals surface area contributed by atoms with Crippen LogP contribution >= 0.6 is 23.2 Å². The predicted octanol–water partition coefficient (Wildman–Crippen LogP) is 4.94. The first kappa shape index (κ1) is 20.6. The highest BCUT2D eigenvalue weighted by Crippen LogP contribution is 2.30. The molecule has 0 aromatic heterocycles. The van der Waals surface area contributed by atoms with E-state index in [-0.39, 0.29) is 17.3 Å². The molecule has 0 N–H and O–H groups in total. The lowest BCUT2D eigenvalue weighted by molar-refractivity contribution is -0.132. The third-order valence-corrected chi connectivity index (χ3v) is 4.31. The fraction of sp³-hybridized carbons (Fsp3) is 0.0952. The van der Waals surface area contributed by atoms with Crippen LogP contribution < -0.4 is 9.47 Å². The maximum atomic E-state index is 12.1. The Bertz CT molecular complexity index is 1070. The van der Waals surface area contributed by atoms with E-state index in [2.05, 4.69) is 4.99 Å². The average molecular weight is 432 g/mol. The second kappa shape index (κ2) is 8.94.